The van der Waals surface area contributed by atoms with E-state index in [0.717, 1.165) is 16.5 Å². The third kappa shape index (κ3) is 5.18. The zero-order valence-electron chi connectivity index (χ0n) is 13.4. The van der Waals surface area contributed by atoms with Crippen LogP contribution < -0.4 is 16.4 Å². The largest absolute Gasteiger partial charge is 0.366 e. The Bertz CT molecular complexity index is 699. The number of benzene rings is 2. The SMILES string of the molecule is CC[C@H](NCC(=O)Nc1ccc(C(N)=O)cc1)c1ccc(Br)cc1. The maximum atomic E-state index is 12.1. The van der Waals surface area contributed by atoms with Gasteiger partial charge >= 0.3 is 0 Å². The molecule has 0 radical (unpaired) electrons. The number of rotatable bonds is 7. The van der Waals surface area contributed by atoms with Gasteiger partial charge in [-0.2, -0.15) is 0 Å². The molecule has 2 amide bonds. The smallest absolute Gasteiger partial charge is 0.248 e. The predicted molar refractivity (Wildman–Crippen MR) is 98.8 cm³/mol. The van der Waals surface area contributed by atoms with Crippen molar-refractivity contribution in [3.05, 3.63) is 64.1 Å². The first-order valence-corrected chi connectivity index (χ1v) is 8.47. The number of carbonyl (C=O) groups excluding carboxylic acids is 2. The first-order valence-electron chi connectivity index (χ1n) is 7.68. The summed E-state index contributed by atoms with van der Waals surface area (Å²) in [6.07, 6.45) is 0.877. The normalized spacial score (nSPS) is 11.8. The molecule has 6 heteroatoms. The lowest BCUT2D eigenvalue weighted by Gasteiger charge is -2.17. The quantitative estimate of drug-likeness (QED) is 0.679. The van der Waals surface area contributed by atoms with E-state index < -0.39 is 5.91 Å². The summed E-state index contributed by atoms with van der Waals surface area (Å²) in [5, 5.41) is 6.04. The van der Waals surface area contributed by atoms with Crippen LogP contribution in [0.25, 0.3) is 0 Å². The Morgan fingerprint density at radius 2 is 1.71 bits per heavy atom. The van der Waals surface area contributed by atoms with Crippen LogP contribution in [0.5, 0.6) is 0 Å². The minimum atomic E-state index is -0.491. The van der Waals surface area contributed by atoms with Crippen LogP contribution in [0.2, 0.25) is 0 Å². The zero-order chi connectivity index (χ0) is 17.5. The van der Waals surface area contributed by atoms with Crippen molar-refractivity contribution >= 4 is 33.4 Å². The highest BCUT2D eigenvalue weighted by molar-refractivity contribution is 9.10. The molecule has 2 aromatic carbocycles. The number of hydrogen-bond acceptors (Lipinski definition) is 3. The zero-order valence-corrected chi connectivity index (χ0v) is 15.0. The minimum Gasteiger partial charge on any atom is -0.366 e. The predicted octanol–water partition coefficient (Wildman–Crippen LogP) is 3.23. The Morgan fingerprint density at radius 3 is 2.25 bits per heavy atom. The van der Waals surface area contributed by atoms with E-state index in [1.165, 1.54) is 0 Å². The van der Waals surface area contributed by atoms with Crippen LogP contribution in [0.1, 0.15) is 35.3 Å². The molecular formula is C18H20BrN3O2. The Kier molecular flexibility index (Phi) is 6.52. The summed E-state index contributed by atoms with van der Waals surface area (Å²) in [5.41, 5.74) is 7.36. The molecule has 0 heterocycles. The van der Waals surface area contributed by atoms with Gasteiger partial charge in [-0.1, -0.05) is 35.0 Å². The summed E-state index contributed by atoms with van der Waals surface area (Å²) in [7, 11) is 0. The van der Waals surface area contributed by atoms with Crippen molar-refractivity contribution in [1.29, 1.82) is 0 Å². The molecule has 126 valence electrons. The van der Waals surface area contributed by atoms with Gasteiger partial charge in [0, 0.05) is 21.8 Å². The Hall–Kier alpha value is -2.18. The monoisotopic (exact) mass is 389 g/mol. The Labute approximate surface area is 149 Å². The lowest BCUT2D eigenvalue weighted by Crippen LogP contribution is -2.31. The number of primary amides is 1. The number of anilines is 1. The van der Waals surface area contributed by atoms with Crippen molar-refractivity contribution in [1.82, 2.24) is 5.32 Å². The summed E-state index contributed by atoms with van der Waals surface area (Å²) in [6.45, 7) is 2.27. The van der Waals surface area contributed by atoms with E-state index >= 15 is 0 Å². The number of carbonyl (C=O) groups is 2. The number of nitrogens with two attached hydrogens (primary N) is 1. The summed E-state index contributed by atoms with van der Waals surface area (Å²) in [6, 6.07) is 14.6. The third-order valence-corrected chi connectivity index (χ3v) is 4.17. The van der Waals surface area contributed by atoms with E-state index in [0.29, 0.717) is 11.3 Å². The first-order chi connectivity index (χ1) is 11.5. The average Bonchev–Trinajstić information content (AvgIpc) is 2.57. The van der Waals surface area contributed by atoms with Gasteiger partial charge in [0.05, 0.1) is 6.54 Å². The highest BCUT2D eigenvalue weighted by Gasteiger charge is 2.11. The van der Waals surface area contributed by atoms with Crippen molar-refractivity contribution in [2.24, 2.45) is 5.73 Å². The van der Waals surface area contributed by atoms with Gasteiger partial charge in [-0.3, -0.25) is 9.59 Å². The van der Waals surface area contributed by atoms with Crippen LogP contribution in [0.3, 0.4) is 0 Å². The Balaban J connectivity index is 1.89. The van der Waals surface area contributed by atoms with Crippen molar-refractivity contribution < 1.29 is 9.59 Å². The van der Waals surface area contributed by atoms with E-state index in [9.17, 15) is 9.59 Å². The van der Waals surface area contributed by atoms with Gasteiger partial charge in [0.2, 0.25) is 11.8 Å². The van der Waals surface area contributed by atoms with E-state index in [1.54, 1.807) is 24.3 Å². The molecule has 0 saturated carbocycles. The molecule has 0 bridgehead atoms. The van der Waals surface area contributed by atoms with Crippen LogP contribution in [0.15, 0.2) is 53.0 Å². The lowest BCUT2D eigenvalue weighted by atomic mass is 10.0. The number of nitrogens with one attached hydrogen (secondary N) is 2. The van der Waals surface area contributed by atoms with Gasteiger partial charge in [-0.05, 0) is 48.4 Å². The molecule has 5 nitrogen and oxygen atoms in total. The van der Waals surface area contributed by atoms with Crippen molar-refractivity contribution in [2.45, 2.75) is 19.4 Å². The second-order valence-electron chi connectivity index (χ2n) is 5.38. The second kappa shape index (κ2) is 8.61. The maximum Gasteiger partial charge on any atom is 0.248 e. The summed E-state index contributed by atoms with van der Waals surface area (Å²) >= 11 is 3.42. The molecule has 24 heavy (non-hydrogen) atoms. The molecule has 0 saturated heterocycles. The van der Waals surface area contributed by atoms with Crippen LogP contribution in [0, 0.1) is 0 Å². The standard InChI is InChI=1S/C18H20BrN3O2/c1-2-16(12-3-7-14(19)8-4-12)21-11-17(23)22-15-9-5-13(6-10-15)18(20)24/h3-10,16,21H,2,11H2,1H3,(H2,20,24)(H,22,23)/t16-/m0/s1. The molecule has 1 atom stereocenters. The van der Waals surface area contributed by atoms with E-state index in [-0.39, 0.29) is 18.5 Å². The Morgan fingerprint density at radius 1 is 1.08 bits per heavy atom. The molecule has 0 aliphatic heterocycles. The fourth-order valence-electron chi connectivity index (χ4n) is 2.33. The molecule has 0 fully saturated rings. The van der Waals surface area contributed by atoms with Gasteiger partial charge in [-0.25, -0.2) is 0 Å². The third-order valence-electron chi connectivity index (χ3n) is 3.64. The lowest BCUT2D eigenvalue weighted by molar-refractivity contribution is -0.115. The second-order valence-corrected chi connectivity index (χ2v) is 6.30. The fraction of sp³-hybridized carbons (Fsp3) is 0.222. The van der Waals surface area contributed by atoms with Gasteiger partial charge < -0.3 is 16.4 Å². The first kappa shape index (κ1) is 18.2. The van der Waals surface area contributed by atoms with Crippen molar-refractivity contribution in [3.63, 3.8) is 0 Å². The van der Waals surface area contributed by atoms with Crippen LogP contribution in [0.4, 0.5) is 5.69 Å². The van der Waals surface area contributed by atoms with Gasteiger partial charge in [-0.15, -0.1) is 0 Å². The molecular weight excluding hydrogens is 370 g/mol. The molecule has 4 N–H and O–H groups in total. The summed E-state index contributed by atoms with van der Waals surface area (Å²) in [4.78, 5) is 23.1. The van der Waals surface area contributed by atoms with Crippen LogP contribution >= 0.6 is 15.9 Å². The molecule has 2 aromatic rings. The number of amides is 2. The van der Waals surface area contributed by atoms with Crippen LogP contribution in [-0.4, -0.2) is 18.4 Å². The van der Waals surface area contributed by atoms with Gasteiger partial charge in [0.15, 0.2) is 0 Å². The van der Waals surface area contributed by atoms with E-state index in [4.69, 9.17) is 5.73 Å². The molecule has 2 rings (SSSR count). The summed E-state index contributed by atoms with van der Waals surface area (Å²) < 4.78 is 1.03. The van der Waals surface area contributed by atoms with E-state index in [2.05, 4.69) is 33.5 Å². The van der Waals surface area contributed by atoms with Crippen molar-refractivity contribution in [2.75, 3.05) is 11.9 Å². The molecule has 0 aliphatic rings. The number of halogens is 1. The number of hydrogen-bond donors (Lipinski definition) is 3. The average molecular weight is 390 g/mol. The highest BCUT2D eigenvalue weighted by Crippen LogP contribution is 2.19. The topological polar surface area (TPSA) is 84.2 Å². The van der Waals surface area contributed by atoms with Gasteiger partial charge in [0.1, 0.15) is 0 Å². The maximum absolute atomic E-state index is 12.1. The van der Waals surface area contributed by atoms with Gasteiger partial charge in [0.25, 0.3) is 0 Å². The molecule has 0 aliphatic carbocycles. The minimum absolute atomic E-state index is 0.112. The molecule has 0 spiro atoms. The fourth-order valence-corrected chi connectivity index (χ4v) is 2.60. The summed E-state index contributed by atoms with van der Waals surface area (Å²) in [5.74, 6) is -0.632. The van der Waals surface area contributed by atoms with Crippen LogP contribution in [-0.2, 0) is 4.79 Å². The van der Waals surface area contributed by atoms with Crippen molar-refractivity contribution in [3.8, 4) is 0 Å². The highest BCUT2D eigenvalue weighted by atomic mass is 79.9. The molecule has 0 unspecified atom stereocenters. The molecule has 0 aromatic heterocycles. The van der Waals surface area contributed by atoms with E-state index in [1.807, 2.05) is 24.3 Å².